The molecule has 3 rings (SSSR count). The van der Waals surface area contributed by atoms with E-state index in [9.17, 15) is 4.79 Å². The minimum atomic E-state index is -0.0292. The summed E-state index contributed by atoms with van der Waals surface area (Å²) in [4.78, 5) is 13.1. The number of nitrogens with one attached hydrogen (secondary N) is 1. The number of carbonyl (C=O) groups is 1. The number of amides is 1. The molecule has 0 aliphatic rings. The number of anilines is 1. The summed E-state index contributed by atoms with van der Waals surface area (Å²) in [7, 11) is 0. The third-order valence-corrected chi connectivity index (χ3v) is 5.03. The van der Waals surface area contributed by atoms with Gasteiger partial charge in [-0.3, -0.25) is 4.79 Å². The molecular formula is C22H26N2O. The molecule has 0 saturated heterocycles. The fourth-order valence-corrected chi connectivity index (χ4v) is 3.39. The molecule has 0 saturated carbocycles. The van der Waals surface area contributed by atoms with E-state index < -0.39 is 0 Å². The van der Waals surface area contributed by atoms with E-state index in [0.717, 1.165) is 52.8 Å². The summed E-state index contributed by atoms with van der Waals surface area (Å²) in [5.74, 6) is -0.0292. The van der Waals surface area contributed by atoms with Crippen molar-refractivity contribution in [2.24, 2.45) is 0 Å². The van der Waals surface area contributed by atoms with E-state index >= 15 is 0 Å². The smallest absolute Gasteiger partial charge is 0.272 e. The summed E-state index contributed by atoms with van der Waals surface area (Å²) in [6.07, 6.45) is 2.16. The van der Waals surface area contributed by atoms with Crippen LogP contribution in [0.2, 0.25) is 0 Å². The molecule has 130 valence electrons. The lowest BCUT2D eigenvalue weighted by Gasteiger charge is -2.14. The molecule has 0 spiro atoms. The Bertz CT molecular complexity index is 921. The van der Waals surface area contributed by atoms with Gasteiger partial charge in [0.25, 0.3) is 5.91 Å². The van der Waals surface area contributed by atoms with E-state index in [1.807, 2.05) is 38.1 Å². The fraction of sp³-hybridized carbons (Fsp3) is 0.318. The van der Waals surface area contributed by atoms with Crippen LogP contribution in [0.25, 0.3) is 10.9 Å². The number of benzene rings is 2. The molecule has 3 heteroatoms. The zero-order valence-corrected chi connectivity index (χ0v) is 15.5. The number of carbonyl (C=O) groups excluding carboxylic acids is 1. The number of unbranched alkanes of at least 4 members (excludes halogenated alkanes) is 1. The van der Waals surface area contributed by atoms with Gasteiger partial charge in [-0.1, -0.05) is 43.7 Å². The Morgan fingerprint density at radius 1 is 1.00 bits per heavy atom. The molecule has 0 radical (unpaired) electrons. The predicted octanol–water partition coefficient (Wildman–Crippen LogP) is 5.62. The number of para-hydroxylation sites is 1. The van der Waals surface area contributed by atoms with Crippen molar-refractivity contribution >= 4 is 22.5 Å². The molecule has 0 aliphatic heterocycles. The minimum absolute atomic E-state index is 0.0292. The van der Waals surface area contributed by atoms with Crippen LogP contribution in [0, 0.1) is 20.8 Å². The Balaban J connectivity index is 2.06. The maximum absolute atomic E-state index is 13.1. The normalized spacial score (nSPS) is 11.0. The number of aryl methyl sites for hydroxylation is 3. The zero-order chi connectivity index (χ0) is 18.0. The van der Waals surface area contributed by atoms with Gasteiger partial charge in [-0.05, 0) is 56.0 Å². The lowest BCUT2D eigenvalue weighted by molar-refractivity contribution is 0.101. The largest absolute Gasteiger partial charge is 0.336 e. The summed E-state index contributed by atoms with van der Waals surface area (Å²) in [6.45, 7) is 9.19. The van der Waals surface area contributed by atoms with Gasteiger partial charge in [-0.25, -0.2) is 0 Å². The molecule has 0 fully saturated rings. The van der Waals surface area contributed by atoms with E-state index in [2.05, 4.69) is 41.9 Å². The number of hydrogen-bond donors (Lipinski definition) is 1. The fourth-order valence-electron chi connectivity index (χ4n) is 3.39. The molecule has 0 unspecified atom stereocenters. The van der Waals surface area contributed by atoms with Gasteiger partial charge in [-0.2, -0.15) is 0 Å². The first-order chi connectivity index (χ1) is 12.0. The van der Waals surface area contributed by atoms with Crippen molar-refractivity contribution in [3.63, 3.8) is 0 Å². The van der Waals surface area contributed by atoms with E-state index in [-0.39, 0.29) is 5.91 Å². The monoisotopic (exact) mass is 334 g/mol. The number of fused-ring (bicyclic) bond motifs is 1. The molecule has 3 nitrogen and oxygen atoms in total. The highest BCUT2D eigenvalue weighted by Gasteiger charge is 2.20. The molecule has 1 heterocycles. The predicted molar refractivity (Wildman–Crippen MR) is 105 cm³/mol. The van der Waals surface area contributed by atoms with Gasteiger partial charge in [0.1, 0.15) is 5.69 Å². The Kier molecular flexibility index (Phi) is 4.93. The summed E-state index contributed by atoms with van der Waals surface area (Å²) < 4.78 is 2.18. The van der Waals surface area contributed by atoms with Crippen LogP contribution in [0.3, 0.4) is 0 Å². The summed E-state index contributed by atoms with van der Waals surface area (Å²) >= 11 is 0. The van der Waals surface area contributed by atoms with Gasteiger partial charge >= 0.3 is 0 Å². The summed E-state index contributed by atoms with van der Waals surface area (Å²) in [6, 6.07) is 14.3. The van der Waals surface area contributed by atoms with Gasteiger partial charge < -0.3 is 9.88 Å². The number of hydrogen-bond acceptors (Lipinski definition) is 1. The first-order valence-electron chi connectivity index (χ1n) is 9.00. The quantitative estimate of drug-likeness (QED) is 0.645. The first-order valence-corrected chi connectivity index (χ1v) is 9.00. The van der Waals surface area contributed by atoms with E-state index in [4.69, 9.17) is 0 Å². The minimum Gasteiger partial charge on any atom is -0.336 e. The highest BCUT2D eigenvalue weighted by molar-refractivity contribution is 6.08. The van der Waals surface area contributed by atoms with Gasteiger partial charge in [-0.15, -0.1) is 0 Å². The third kappa shape index (κ3) is 3.19. The summed E-state index contributed by atoms with van der Waals surface area (Å²) in [5, 5.41) is 4.28. The van der Waals surface area contributed by atoms with E-state index in [1.54, 1.807) is 0 Å². The number of nitrogens with zero attached hydrogens (tertiary/aromatic N) is 1. The second-order valence-corrected chi connectivity index (χ2v) is 6.70. The highest BCUT2D eigenvalue weighted by atomic mass is 16.2. The maximum atomic E-state index is 13.1. The standard InChI is InChI=1S/C22H26N2O/c1-5-6-14-24-20-13-8-7-11-18(20)17(4)21(24)22(25)23-19-12-9-10-15(2)16(19)3/h7-13H,5-6,14H2,1-4H3,(H,23,25). The van der Waals surface area contributed by atoms with Crippen LogP contribution >= 0.6 is 0 Å². The molecule has 1 N–H and O–H groups in total. The topological polar surface area (TPSA) is 34.0 Å². The first kappa shape index (κ1) is 17.3. The second kappa shape index (κ2) is 7.14. The Labute approximate surface area is 149 Å². The van der Waals surface area contributed by atoms with Crippen LogP contribution in [0.5, 0.6) is 0 Å². The van der Waals surface area contributed by atoms with Crippen LogP contribution in [-0.2, 0) is 6.54 Å². The average Bonchev–Trinajstić information content (AvgIpc) is 2.89. The molecule has 0 atom stereocenters. The number of aromatic nitrogens is 1. The maximum Gasteiger partial charge on any atom is 0.272 e. The van der Waals surface area contributed by atoms with E-state index in [1.165, 1.54) is 5.56 Å². The van der Waals surface area contributed by atoms with Crippen molar-refractivity contribution in [3.05, 3.63) is 64.8 Å². The average molecular weight is 334 g/mol. The molecule has 0 bridgehead atoms. The van der Waals surface area contributed by atoms with Crippen molar-refractivity contribution in [2.45, 2.75) is 47.1 Å². The lowest BCUT2D eigenvalue weighted by atomic mass is 10.1. The molecule has 25 heavy (non-hydrogen) atoms. The van der Waals surface area contributed by atoms with Crippen molar-refractivity contribution in [1.82, 2.24) is 4.57 Å². The molecule has 0 aliphatic carbocycles. The van der Waals surface area contributed by atoms with Gasteiger partial charge in [0.2, 0.25) is 0 Å². The van der Waals surface area contributed by atoms with Crippen LogP contribution in [0.4, 0.5) is 5.69 Å². The van der Waals surface area contributed by atoms with Gasteiger partial charge in [0, 0.05) is 23.1 Å². The highest BCUT2D eigenvalue weighted by Crippen LogP contribution is 2.27. The molecule has 1 aromatic heterocycles. The van der Waals surface area contributed by atoms with Crippen LogP contribution in [0.1, 0.15) is 46.9 Å². The molecule has 1 amide bonds. The SMILES string of the molecule is CCCCn1c(C(=O)Nc2cccc(C)c2C)c(C)c2ccccc21. The number of rotatable bonds is 5. The Morgan fingerprint density at radius 3 is 2.52 bits per heavy atom. The summed E-state index contributed by atoms with van der Waals surface area (Å²) in [5.41, 5.74) is 6.15. The zero-order valence-electron chi connectivity index (χ0n) is 15.5. The molecule has 2 aromatic carbocycles. The second-order valence-electron chi connectivity index (χ2n) is 6.70. The van der Waals surface area contributed by atoms with Crippen molar-refractivity contribution in [3.8, 4) is 0 Å². The van der Waals surface area contributed by atoms with Crippen LogP contribution in [-0.4, -0.2) is 10.5 Å². The van der Waals surface area contributed by atoms with E-state index in [0.29, 0.717) is 0 Å². The molecular weight excluding hydrogens is 308 g/mol. The van der Waals surface area contributed by atoms with Crippen LogP contribution in [0.15, 0.2) is 42.5 Å². The van der Waals surface area contributed by atoms with Gasteiger partial charge in [0.15, 0.2) is 0 Å². The third-order valence-electron chi connectivity index (χ3n) is 5.03. The molecule has 3 aromatic rings. The van der Waals surface area contributed by atoms with Crippen molar-refractivity contribution in [1.29, 1.82) is 0 Å². The van der Waals surface area contributed by atoms with Gasteiger partial charge in [0.05, 0.1) is 0 Å². The van der Waals surface area contributed by atoms with Crippen molar-refractivity contribution in [2.75, 3.05) is 5.32 Å². The van der Waals surface area contributed by atoms with Crippen LogP contribution < -0.4 is 5.32 Å². The van der Waals surface area contributed by atoms with Crippen molar-refractivity contribution < 1.29 is 4.79 Å². The lowest BCUT2D eigenvalue weighted by Crippen LogP contribution is -2.19. The Morgan fingerprint density at radius 2 is 1.76 bits per heavy atom. The Hall–Kier alpha value is -2.55.